The average Bonchev–Trinajstić information content (AvgIpc) is 2.26. The van der Waals surface area contributed by atoms with Gasteiger partial charge in [0.05, 0.1) is 11.5 Å². The fourth-order valence-electron chi connectivity index (χ4n) is 3.32. The second-order valence-corrected chi connectivity index (χ2v) is 5.99. The minimum Gasteiger partial charge on any atom is -0.389 e. The van der Waals surface area contributed by atoms with E-state index in [1.54, 1.807) is 0 Å². The van der Waals surface area contributed by atoms with Gasteiger partial charge in [-0.25, -0.2) is 0 Å². The van der Waals surface area contributed by atoms with Gasteiger partial charge in [0.25, 0.3) is 0 Å². The van der Waals surface area contributed by atoms with Crippen LogP contribution in [0.5, 0.6) is 0 Å². The molecule has 2 aliphatic rings. The van der Waals surface area contributed by atoms with Gasteiger partial charge in [0, 0.05) is 5.92 Å². The molecule has 2 heteroatoms. The van der Waals surface area contributed by atoms with Gasteiger partial charge in [-0.2, -0.15) is 0 Å². The number of allylic oxidation sites excluding steroid dienone is 2. The van der Waals surface area contributed by atoms with Crippen molar-refractivity contribution in [3.8, 4) is 0 Å². The van der Waals surface area contributed by atoms with E-state index in [1.807, 2.05) is 26.8 Å². The molecular formula is C15H22O2. The molecule has 2 bridgehead atoms. The van der Waals surface area contributed by atoms with Gasteiger partial charge in [0.2, 0.25) is 0 Å². The molecule has 0 heterocycles. The van der Waals surface area contributed by atoms with Crippen LogP contribution in [0.2, 0.25) is 0 Å². The maximum atomic E-state index is 12.4. The molecule has 0 aliphatic heterocycles. The summed E-state index contributed by atoms with van der Waals surface area (Å²) < 4.78 is 0. The van der Waals surface area contributed by atoms with Crippen molar-refractivity contribution in [1.82, 2.24) is 0 Å². The third kappa shape index (κ3) is 1.99. The molecule has 0 radical (unpaired) electrons. The van der Waals surface area contributed by atoms with Crippen LogP contribution in [0.3, 0.4) is 0 Å². The van der Waals surface area contributed by atoms with E-state index < -0.39 is 5.60 Å². The number of fused-ring (bicyclic) bond motifs is 2. The molecular weight excluding hydrogens is 212 g/mol. The summed E-state index contributed by atoms with van der Waals surface area (Å²) in [5, 5.41) is 10.7. The zero-order chi connectivity index (χ0) is 12.8. The van der Waals surface area contributed by atoms with E-state index >= 15 is 0 Å². The molecule has 94 valence electrons. The second kappa shape index (κ2) is 4.09. The Bertz CT molecular complexity index is 390. The van der Waals surface area contributed by atoms with Crippen LogP contribution in [0.15, 0.2) is 23.8 Å². The van der Waals surface area contributed by atoms with Crippen LogP contribution in [0.1, 0.15) is 40.0 Å². The van der Waals surface area contributed by atoms with Crippen molar-refractivity contribution in [2.75, 3.05) is 0 Å². The van der Waals surface area contributed by atoms with Crippen molar-refractivity contribution >= 4 is 5.78 Å². The van der Waals surface area contributed by atoms with Crippen LogP contribution < -0.4 is 0 Å². The van der Waals surface area contributed by atoms with E-state index in [9.17, 15) is 9.90 Å². The Hall–Kier alpha value is -0.890. The Kier molecular flexibility index (Phi) is 3.03. The molecule has 0 unspecified atom stereocenters. The van der Waals surface area contributed by atoms with E-state index in [1.165, 1.54) is 0 Å². The third-order valence-electron chi connectivity index (χ3n) is 4.41. The largest absolute Gasteiger partial charge is 0.389 e. The van der Waals surface area contributed by atoms with Gasteiger partial charge in [0.15, 0.2) is 0 Å². The maximum Gasteiger partial charge on any atom is 0.146 e. The van der Waals surface area contributed by atoms with Crippen LogP contribution in [-0.2, 0) is 4.79 Å². The van der Waals surface area contributed by atoms with Crippen molar-refractivity contribution < 1.29 is 9.90 Å². The average molecular weight is 234 g/mol. The molecule has 2 fully saturated rings. The van der Waals surface area contributed by atoms with Crippen molar-refractivity contribution in [1.29, 1.82) is 0 Å². The summed E-state index contributed by atoms with van der Waals surface area (Å²) in [7, 11) is 0. The minimum absolute atomic E-state index is 0.00340. The first-order valence-electron chi connectivity index (χ1n) is 6.44. The highest BCUT2D eigenvalue weighted by atomic mass is 16.3. The van der Waals surface area contributed by atoms with Gasteiger partial charge in [-0.3, -0.25) is 4.79 Å². The second-order valence-electron chi connectivity index (χ2n) is 5.99. The third-order valence-corrected chi connectivity index (χ3v) is 4.41. The molecule has 4 atom stereocenters. The van der Waals surface area contributed by atoms with Crippen LogP contribution in [0.4, 0.5) is 0 Å². The Morgan fingerprint density at radius 1 is 1.53 bits per heavy atom. The summed E-state index contributed by atoms with van der Waals surface area (Å²) in [6.07, 6.45) is 4.18. The first kappa shape index (κ1) is 12.6. The monoisotopic (exact) mass is 234 g/mol. The number of hydrogen-bond acceptors (Lipinski definition) is 2. The number of carbonyl (C=O) groups is 1. The van der Waals surface area contributed by atoms with Crippen LogP contribution in [0.25, 0.3) is 0 Å². The van der Waals surface area contributed by atoms with E-state index in [2.05, 4.69) is 6.58 Å². The molecule has 2 aliphatic carbocycles. The predicted octanol–water partition coefficient (Wildman–Crippen LogP) is 2.88. The fraction of sp³-hybridized carbons (Fsp3) is 0.667. The molecule has 0 aromatic rings. The molecule has 2 saturated carbocycles. The van der Waals surface area contributed by atoms with Crippen molar-refractivity contribution in [2.24, 2.45) is 17.8 Å². The Balaban J connectivity index is 2.38. The quantitative estimate of drug-likeness (QED) is 0.708. The highest BCUT2D eigenvalue weighted by Gasteiger charge is 2.52. The number of rotatable bonds is 1. The first-order valence-corrected chi connectivity index (χ1v) is 6.44. The first-order chi connectivity index (χ1) is 7.85. The predicted molar refractivity (Wildman–Crippen MR) is 68.5 cm³/mol. The normalized spacial score (nSPS) is 41.3. The summed E-state index contributed by atoms with van der Waals surface area (Å²) in [6.45, 7) is 10.0. The van der Waals surface area contributed by atoms with E-state index in [0.717, 1.165) is 17.6 Å². The zero-order valence-electron chi connectivity index (χ0n) is 11.0. The molecule has 2 rings (SSSR count). The lowest BCUT2D eigenvalue weighted by molar-refractivity contribution is -0.146. The summed E-state index contributed by atoms with van der Waals surface area (Å²) in [5.74, 6) is 0.0596. The van der Waals surface area contributed by atoms with E-state index in [0.29, 0.717) is 12.8 Å². The van der Waals surface area contributed by atoms with E-state index in [-0.39, 0.29) is 23.5 Å². The standard InChI is InChI=1S/C15H22O2/c1-9(2)7-13-14(16)11(4)12-8-15(13,17)6-5-10(12)3/h7,11-13,17H,3,5-6,8H2,1-2,4H3/t11-,12+,13+,15+/m0/s1. The molecule has 0 aromatic carbocycles. The number of aliphatic hydroxyl groups is 1. The smallest absolute Gasteiger partial charge is 0.146 e. The summed E-state index contributed by atoms with van der Waals surface area (Å²) in [5.41, 5.74) is 1.42. The number of carbonyl (C=O) groups excluding carboxylic acids is 1. The molecule has 1 N–H and O–H groups in total. The van der Waals surface area contributed by atoms with Gasteiger partial charge in [-0.05, 0) is 39.0 Å². The van der Waals surface area contributed by atoms with Gasteiger partial charge in [-0.15, -0.1) is 0 Å². The lowest BCUT2D eigenvalue weighted by atomic mass is 9.58. The Labute approximate surface area is 103 Å². The molecule has 2 nitrogen and oxygen atoms in total. The highest BCUT2D eigenvalue weighted by Crippen LogP contribution is 2.49. The molecule has 17 heavy (non-hydrogen) atoms. The minimum atomic E-state index is -0.827. The Morgan fingerprint density at radius 2 is 2.18 bits per heavy atom. The molecule has 0 amide bonds. The van der Waals surface area contributed by atoms with Crippen molar-refractivity contribution in [3.63, 3.8) is 0 Å². The number of hydrogen-bond donors (Lipinski definition) is 1. The van der Waals surface area contributed by atoms with Gasteiger partial charge >= 0.3 is 0 Å². The zero-order valence-corrected chi connectivity index (χ0v) is 11.0. The van der Waals surface area contributed by atoms with E-state index in [4.69, 9.17) is 0 Å². The van der Waals surface area contributed by atoms with Crippen molar-refractivity contribution in [3.05, 3.63) is 23.8 Å². The van der Waals surface area contributed by atoms with Gasteiger partial charge < -0.3 is 5.11 Å². The number of Topliss-reactive ketones (excluding diaryl/α,β-unsaturated/α-hetero) is 1. The van der Waals surface area contributed by atoms with Gasteiger partial charge in [-0.1, -0.05) is 30.7 Å². The fourth-order valence-corrected chi connectivity index (χ4v) is 3.32. The Morgan fingerprint density at radius 3 is 2.76 bits per heavy atom. The number of ketones is 1. The maximum absolute atomic E-state index is 12.4. The summed E-state index contributed by atoms with van der Waals surface area (Å²) in [6, 6.07) is 0. The molecule has 0 spiro atoms. The summed E-state index contributed by atoms with van der Waals surface area (Å²) in [4.78, 5) is 12.4. The lowest BCUT2D eigenvalue weighted by Crippen LogP contribution is -2.54. The molecule has 0 saturated heterocycles. The lowest BCUT2D eigenvalue weighted by Gasteiger charge is -2.49. The van der Waals surface area contributed by atoms with Crippen molar-refractivity contribution in [2.45, 2.75) is 45.6 Å². The van der Waals surface area contributed by atoms with Gasteiger partial charge in [0.1, 0.15) is 5.78 Å². The molecule has 0 aromatic heterocycles. The topological polar surface area (TPSA) is 37.3 Å². The highest BCUT2D eigenvalue weighted by molar-refractivity contribution is 5.88. The summed E-state index contributed by atoms with van der Waals surface area (Å²) >= 11 is 0. The van der Waals surface area contributed by atoms with Crippen LogP contribution in [0, 0.1) is 17.8 Å². The SMILES string of the molecule is C=C1CC[C@@]2(O)C[C@H]1[C@H](C)C(=O)[C@H]2C=C(C)C. The van der Waals surface area contributed by atoms with Crippen LogP contribution >= 0.6 is 0 Å². The van der Waals surface area contributed by atoms with Crippen LogP contribution in [-0.4, -0.2) is 16.5 Å².